The van der Waals surface area contributed by atoms with E-state index in [0.717, 1.165) is 27.7 Å². The molecule has 3 aromatic rings. The van der Waals surface area contributed by atoms with Gasteiger partial charge in [0.2, 0.25) is 0 Å². The fourth-order valence-corrected chi connectivity index (χ4v) is 3.84. The highest BCUT2D eigenvalue weighted by Crippen LogP contribution is 2.30. The highest BCUT2D eigenvalue weighted by Gasteiger charge is 2.25. The molecule has 6 heteroatoms. The molecule has 0 bridgehead atoms. The van der Waals surface area contributed by atoms with Crippen molar-refractivity contribution in [2.45, 2.75) is 13.0 Å². The van der Waals surface area contributed by atoms with Crippen molar-refractivity contribution in [3.63, 3.8) is 0 Å². The lowest BCUT2D eigenvalue weighted by Gasteiger charge is -2.18. The number of hydrogen-bond acceptors (Lipinski definition) is 2. The molecule has 0 saturated heterocycles. The molecule has 146 valence electrons. The Kier molecular flexibility index (Phi) is 5.45. The summed E-state index contributed by atoms with van der Waals surface area (Å²) in [6, 6.07) is 18.7. The van der Waals surface area contributed by atoms with Crippen molar-refractivity contribution in [2.75, 3.05) is 11.4 Å². The first-order valence-corrected chi connectivity index (χ1v) is 10.0. The van der Waals surface area contributed by atoms with Crippen LogP contribution in [0, 0.1) is 5.82 Å². The van der Waals surface area contributed by atoms with Crippen LogP contribution in [-0.2, 0) is 13.0 Å². The zero-order valence-electron chi connectivity index (χ0n) is 15.5. The number of rotatable bonds is 4. The summed E-state index contributed by atoms with van der Waals surface area (Å²) in [5.41, 5.74) is 4.00. The highest BCUT2D eigenvalue weighted by atomic mass is 79.9. The van der Waals surface area contributed by atoms with Crippen LogP contribution in [-0.4, -0.2) is 18.4 Å². The predicted octanol–water partition coefficient (Wildman–Crippen LogP) is 4.72. The lowest BCUT2D eigenvalue weighted by atomic mass is 10.1. The van der Waals surface area contributed by atoms with Crippen LogP contribution in [0.15, 0.2) is 71.2 Å². The molecule has 0 fully saturated rings. The molecule has 3 aromatic carbocycles. The Labute approximate surface area is 176 Å². The molecule has 2 amide bonds. The molecular weight excluding hydrogens is 435 g/mol. The Morgan fingerprint density at radius 3 is 2.55 bits per heavy atom. The Morgan fingerprint density at radius 1 is 1.00 bits per heavy atom. The lowest BCUT2D eigenvalue weighted by molar-refractivity contribution is 0.0949. The van der Waals surface area contributed by atoms with Gasteiger partial charge >= 0.3 is 0 Å². The highest BCUT2D eigenvalue weighted by molar-refractivity contribution is 9.10. The van der Waals surface area contributed by atoms with Crippen molar-refractivity contribution >= 4 is 33.4 Å². The molecule has 0 radical (unpaired) electrons. The van der Waals surface area contributed by atoms with Crippen LogP contribution in [0.4, 0.5) is 10.1 Å². The van der Waals surface area contributed by atoms with E-state index in [4.69, 9.17) is 0 Å². The number of carbonyl (C=O) groups is 2. The maximum absolute atomic E-state index is 13.0. The molecular formula is C23H18BrFN2O2. The monoisotopic (exact) mass is 452 g/mol. The molecule has 4 rings (SSSR count). The van der Waals surface area contributed by atoms with E-state index < -0.39 is 0 Å². The quantitative estimate of drug-likeness (QED) is 0.622. The first-order valence-electron chi connectivity index (χ1n) is 9.24. The summed E-state index contributed by atoms with van der Waals surface area (Å²) in [6.45, 7) is 0.995. The lowest BCUT2D eigenvalue weighted by Crippen LogP contribution is -2.28. The number of carbonyl (C=O) groups excluding carboxylic acids is 2. The fraction of sp³-hybridized carbons (Fsp3) is 0.130. The number of nitrogens with zero attached hydrogens (tertiary/aromatic N) is 1. The van der Waals surface area contributed by atoms with Gasteiger partial charge in [-0.25, -0.2) is 4.39 Å². The van der Waals surface area contributed by atoms with Crippen LogP contribution in [0.3, 0.4) is 0 Å². The van der Waals surface area contributed by atoms with E-state index in [9.17, 15) is 14.0 Å². The molecule has 1 aliphatic rings. The van der Waals surface area contributed by atoms with Gasteiger partial charge in [0.15, 0.2) is 0 Å². The summed E-state index contributed by atoms with van der Waals surface area (Å²) in [5, 5.41) is 2.84. The molecule has 0 atom stereocenters. The zero-order chi connectivity index (χ0) is 20.4. The van der Waals surface area contributed by atoms with E-state index in [1.54, 1.807) is 4.90 Å². The third-order valence-electron chi connectivity index (χ3n) is 4.92. The van der Waals surface area contributed by atoms with E-state index >= 15 is 0 Å². The van der Waals surface area contributed by atoms with Crippen LogP contribution in [0.2, 0.25) is 0 Å². The molecule has 1 aliphatic heterocycles. The first-order chi connectivity index (χ1) is 14.0. The van der Waals surface area contributed by atoms with Crippen molar-refractivity contribution in [1.29, 1.82) is 0 Å². The summed E-state index contributed by atoms with van der Waals surface area (Å²) in [5.74, 6) is -0.651. The SMILES string of the molecule is O=C(NCc1ccc2c(c1)CCN2C(=O)c1cccc(Br)c1)c1ccc(F)cc1. The topological polar surface area (TPSA) is 49.4 Å². The van der Waals surface area contributed by atoms with Crippen LogP contribution < -0.4 is 10.2 Å². The van der Waals surface area contributed by atoms with E-state index in [0.29, 0.717) is 24.2 Å². The number of amides is 2. The third-order valence-corrected chi connectivity index (χ3v) is 5.41. The summed E-state index contributed by atoms with van der Waals surface area (Å²) in [4.78, 5) is 26.9. The second-order valence-corrected chi connectivity index (χ2v) is 7.79. The number of benzene rings is 3. The van der Waals surface area contributed by atoms with Gasteiger partial charge in [-0.3, -0.25) is 9.59 Å². The molecule has 0 saturated carbocycles. The van der Waals surface area contributed by atoms with Gasteiger partial charge in [-0.1, -0.05) is 34.1 Å². The average molecular weight is 453 g/mol. The summed E-state index contributed by atoms with van der Waals surface area (Å²) in [6.07, 6.45) is 0.773. The Bertz CT molecular complexity index is 1080. The number of nitrogens with one attached hydrogen (secondary N) is 1. The van der Waals surface area contributed by atoms with Crippen LogP contribution in [0.25, 0.3) is 0 Å². The van der Waals surface area contributed by atoms with Gasteiger partial charge in [0, 0.05) is 34.4 Å². The minimum atomic E-state index is -0.373. The maximum atomic E-state index is 13.0. The summed E-state index contributed by atoms with van der Waals surface area (Å²) in [7, 11) is 0. The van der Waals surface area contributed by atoms with E-state index in [1.807, 2.05) is 42.5 Å². The molecule has 29 heavy (non-hydrogen) atoms. The summed E-state index contributed by atoms with van der Waals surface area (Å²) >= 11 is 3.41. The van der Waals surface area contributed by atoms with Crippen molar-refractivity contribution in [3.8, 4) is 0 Å². The van der Waals surface area contributed by atoms with Crippen molar-refractivity contribution < 1.29 is 14.0 Å². The van der Waals surface area contributed by atoms with E-state index in [-0.39, 0.29) is 17.6 Å². The fourth-order valence-electron chi connectivity index (χ4n) is 3.44. The van der Waals surface area contributed by atoms with Crippen molar-refractivity contribution in [3.05, 3.63) is 99.3 Å². The smallest absolute Gasteiger partial charge is 0.258 e. The number of halogens is 2. The van der Waals surface area contributed by atoms with Gasteiger partial charge in [0.1, 0.15) is 5.82 Å². The van der Waals surface area contributed by atoms with Crippen molar-refractivity contribution in [2.24, 2.45) is 0 Å². The van der Waals surface area contributed by atoms with Crippen LogP contribution in [0.1, 0.15) is 31.8 Å². The van der Waals surface area contributed by atoms with E-state index in [1.165, 1.54) is 24.3 Å². The Balaban J connectivity index is 1.45. The average Bonchev–Trinajstić information content (AvgIpc) is 3.15. The molecule has 4 nitrogen and oxygen atoms in total. The molecule has 0 unspecified atom stereocenters. The molecule has 0 spiro atoms. The number of anilines is 1. The van der Waals surface area contributed by atoms with Gasteiger partial charge in [0.05, 0.1) is 0 Å². The maximum Gasteiger partial charge on any atom is 0.258 e. The van der Waals surface area contributed by atoms with Gasteiger partial charge in [-0.2, -0.15) is 0 Å². The molecule has 0 aromatic heterocycles. The third kappa shape index (κ3) is 4.22. The second kappa shape index (κ2) is 8.17. The minimum absolute atomic E-state index is 0.0255. The van der Waals surface area contributed by atoms with Crippen molar-refractivity contribution in [1.82, 2.24) is 5.32 Å². The second-order valence-electron chi connectivity index (χ2n) is 6.87. The number of hydrogen-bond donors (Lipinski definition) is 1. The van der Waals surface area contributed by atoms with E-state index in [2.05, 4.69) is 21.2 Å². The largest absolute Gasteiger partial charge is 0.348 e. The molecule has 1 N–H and O–H groups in total. The predicted molar refractivity (Wildman–Crippen MR) is 114 cm³/mol. The van der Waals surface area contributed by atoms with Gasteiger partial charge < -0.3 is 10.2 Å². The zero-order valence-corrected chi connectivity index (χ0v) is 17.1. The number of fused-ring (bicyclic) bond motifs is 1. The normalized spacial score (nSPS) is 12.6. The molecule has 0 aliphatic carbocycles. The minimum Gasteiger partial charge on any atom is -0.348 e. The van der Waals surface area contributed by atoms with Gasteiger partial charge in [-0.05, 0) is 66.1 Å². The van der Waals surface area contributed by atoms with Gasteiger partial charge in [-0.15, -0.1) is 0 Å². The van der Waals surface area contributed by atoms with Gasteiger partial charge in [0.25, 0.3) is 11.8 Å². The first kappa shape index (κ1) is 19.3. The Hall–Kier alpha value is -2.99. The van der Waals surface area contributed by atoms with Crippen LogP contribution in [0.5, 0.6) is 0 Å². The standard InChI is InChI=1S/C23H18BrFN2O2/c24-19-3-1-2-18(13-19)23(29)27-11-10-17-12-15(4-9-21(17)27)14-26-22(28)16-5-7-20(25)8-6-16/h1-9,12-13H,10-11,14H2,(H,26,28). The Morgan fingerprint density at radius 2 is 1.79 bits per heavy atom. The van der Waals surface area contributed by atoms with Crippen LogP contribution >= 0.6 is 15.9 Å². The molecule has 1 heterocycles. The summed E-state index contributed by atoms with van der Waals surface area (Å²) < 4.78 is 13.9.